The number of rotatable bonds is 7. The maximum absolute atomic E-state index is 11.8. The number of hydrazine groups is 1. The van der Waals surface area contributed by atoms with Crippen LogP contribution in [0, 0.1) is 0 Å². The maximum Gasteiger partial charge on any atom is 0.244 e. The first-order valence-corrected chi connectivity index (χ1v) is 6.38. The Labute approximate surface area is 118 Å². The van der Waals surface area contributed by atoms with E-state index in [0.717, 1.165) is 0 Å². The number of hydrogen-bond acceptors (Lipinski definition) is 7. The number of ether oxygens (including phenoxy) is 1. The van der Waals surface area contributed by atoms with Crippen molar-refractivity contribution in [2.45, 2.75) is 26.5 Å². The number of nitrogens with zero attached hydrogens (tertiary/aromatic N) is 3. The number of carbonyl (C=O) groups excluding carboxylic acids is 1. The van der Waals surface area contributed by atoms with Gasteiger partial charge in [0.25, 0.3) is 0 Å². The van der Waals surface area contributed by atoms with Crippen LogP contribution in [-0.2, 0) is 16.1 Å². The van der Waals surface area contributed by atoms with Gasteiger partial charge in [-0.1, -0.05) is 0 Å². The molecule has 112 valence electrons. The van der Waals surface area contributed by atoms with Crippen LogP contribution in [0.2, 0.25) is 0 Å². The third kappa shape index (κ3) is 4.63. The fraction of sp³-hybridized carbons (Fsp3) is 0.583. The van der Waals surface area contributed by atoms with Gasteiger partial charge < -0.3 is 20.4 Å². The van der Waals surface area contributed by atoms with E-state index in [4.69, 9.17) is 10.6 Å². The molecule has 0 spiro atoms. The summed E-state index contributed by atoms with van der Waals surface area (Å²) in [5.74, 6) is 6.80. The Hall–Kier alpha value is -1.93. The minimum absolute atomic E-state index is 0.0442. The summed E-state index contributed by atoms with van der Waals surface area (Å²) >= 11 is 0. The molecule has 0 fully saturated rings. The second kappa shape index (κ2) is 7.61. The number of nitrogens with one attached hydrogen (secondary N) is 2. The van der Waals surface area contributed by atoms with Crippen LogP contribution >= 0.6 is 0 Å². The SMILES string of the molecule is CCOCc1nc(NN)cc(NC(C)C(=O)N(C)C)n1. The van der Waals surface area contributed by atoms with Crippen LogP contribution in [0.15, 0.2) is 6.07 Å². The number of anilines is 2. The maximum atomic E-state index is 11.8. The fourth-order valence-corrected chi connectivity index (χ4v) is 1.57. The summed E-state index contributed by atoms with van der Waals surface area (Å²) in [6, 6.07) is 1.24. The molecule has 1 aromatic heterocycles. The van der Waals surface area contributed by atoms with Crippen LogP contribution in [0.25, 0.3) is 0 Å². The smallest absolute Gasteiger partial charge is 0.244 e. The molecule has 0 saturated heterocycles. The number of aromatic nitrogens is 2. The van der Waals surface area contributed by atoms with Gasteiger partial charge in [-0.15, -0.1) is 0 Å². The predicted octanol–water partition coefficient (Wildman–Crippen LogP) is 0.187. The molecule has 4 N–H and O–H groups in total. The highest BCUT2D eigenvalue weighted by Gasteiger charge is 2.15. The van der Waals surface area contributed by atoms with Crippen LogP contribution in [-0.4, -0.2) is 47.5 Å². The zero-order valence-electron chi connectivity index (χ0n) is 12.3. The van der Waals surface area contributed by atoms with Crippen LogP contribution in [0.1, 0.15) is 19.7 Å². The van der Waals surface area contributed by atoms with Crippen molar-refractivity contribution in [3.05, 3.63) is 11.9 Å². The van der Waals surface area contributed by atoms with Crippen molar-refractivity contribution >= 4 is 17.5 Å². The summed E-state index contributed by atoms with van der Waals surface area (Å²) in [6.45, 7) is 4.52. The van der Waals surface area contributed by atoms with Crippen molar-refractivity contribution in [1.29, 1.82) is 0 Å². The van der Waals surface area contributed by atoms with E-state index >= 15 is 0 Å². The molecule has 0 radical (unpaired) electrons. The number of nitrogen functional groups attached to an aromatic ring is 1. The van der Waals surface area contributed by atoms with Gasteiger partial charge in [0, 0.05) is 26.8 Å². The topological polar surface area (TPSA) is 105 Å². The van der Waals surface area contributed by atoms with Gasteiger partial charge in [0.05, 0.1) is 0 Å². The van der Waals surface area contributed by atoms with E-state index in [1.54, 1.807) is 27.1 Å². The van der Waals surface area contributed by atoms with Crippen molar-refractivity contribution in [3.63, 3.8) is 0 Å². The monoisotopic (exact) mass is 282 g/mol. The van der Waals surface area contributed by atoms with Gasteiger partial charge in [-0.2, -0.15) is 0 Å². The first-order chi connectivity index (χ1) is 9.47. The van der Waals surface area contributed by atoms with E-state index in [9.17, 15) is 4.79 Å². The van der Waals surface area contributed by atoms with E-state index in [2.05, 4.69) is 20.7 Å². The number of likely N-dealkylation sites (N-methyl/N-ethyl adjacent to an activating group) is 1. The summed E-state index contributed by atoms with van der Waals surface area (Å²) in [5, 5.41) is 3.02. The predicted molar refractivity (Wildman–Crippen MR) is 77.0 cm³/mol. The van der Waals surface area contributed by atoms with Crippen molar-refractivity contribution < 1.29 is 9.53 Å². The minimum Gasteiger partial charge on any atom is -0.374 e. The van der Waals surface area contributed by atoms with Crippen LogP contribution in [0.5, 0.6) is 0 Å². The molecule has 1 aromatic rings. The molecule has 20 heavy (non-hydrogen) atoms. The third-order valence-electron chi connectivity index (χ3n) is 2.53. The van der Waals surface area contributed by atoms with Crippen LogP contribution < -0.4 is 16.6 Å². The van der Waals surface area contributed by atoms with Gasteiger partial charge in [-0.25, -0.2) is 15.8 Å². The minimum atomic E-state index is -0.398. The van der Waals surface area contributed by atoms with Crippen LogP contribution in [0.4, 0.5) is 11.6 Å². The molecular formula is C12H22N6O2. The Balaban J connectivity index is 2.85. The normalized spacial score (nSPS) is 11.8. The molecular weight excluding hydrogens is 260 g/mol. The zero-order chi connectivity index (χ0) is 15.1. The Morgan fingerprint density at radius 1 is 1.45 bits per heavy atom. The summed E-state index contributed by atoms with van der Waals surface area (Å²) in [5.41, 5.74) is 2.47. The average molecular weight is 282 g/mol. The number of hydrogen-bond donors (Lipinski definition) is 3. The lowest BCUT2D eigenvalue weighted by atomic mass is 10.3. The lowest BCUT2D eigenvalue weighted by molar-refractivity contribution is -0.129. The van der Waals surface area contributed by atoms with Crippen molar-refractivity contribution in [2.75, 3.05) is 31.4 Å². The Bertz CT molecular complexity index is 452. The first kappa shape index (κ1) is 16.1. The third-order valence-corrected chi connectivity index (χ3v) is 2.53. The molecule has 1 heterocycles. The van der Waals surface area contributed by atoms with E-state index in [0.29, 0.717) is 24.1 Å². The molecule has 0 aliphatic carbocycles. The first-order valence-electron chi connectivity index (χ1n) is 6.38. The van der Waals surface area contributed by atoms with Gasteiger partial charge in [0.2, 0.25) is 5.91 Å². The van der Waals surface area contributed by atoms with Gasteiger partial charge in [-0.05, 0) is 13.8 Å². The second-order valence-corrected chi connectivity index (χ2v) is 4.43. The molecule has 8 nitrogen and oxygen atoms in total. The van der Waals surface area contributed by atoms with E-state index in [1.807, 2.05) is 6.92 Å². The Morgan fingerprint density at radius 2 is 2.10 bits per heavy atom. The molecule has 0 aliphatic heterocycles. The van der Waals surface area contributed by atoms with Crippen molar-refractivity contribution in [2.24, 2.45) is 5.84 Å². The Kier molecular flexibility index (Phi) is 6.13. The second-order valence-electron chi connectivity index (χ2n) is 4.43. The zero-order valence-corrected chi connectivity index (χ0v) is 12.3. The van der Waals surface area contributed by atoms with Crippen LogP contribution in [0.3, 0.4) is 0 Å². The van der Waals surface area contributed by atoms with Crippen molar-refractivity contribution in [1.82, 2.24) is 14.9 Å². The van der Waals surface area contributed by atoms with Gasteiger partial charge in [0.15, 0.2) is 5.82 Å². The number of amides is 1. The number of carbonyl (C=O) groups is 1. The molecule has 1 atom stereocenters. The quantitative estimate of drug-likeness (QED) is 0.484. The number of nitrogens with two attached hydrogens (primary N) is 1. The van der Waals surface area contributed by atoms with E-state index < -0.39 is 6.04 Å². The van der Waals surface area contributed by atoms with E-state index in [1.165, 1.54) is 4.90 Å². The highest BCUT2D eigenvalue weighted by molar-refractivity contribution is 5.83. The molecule has 1 unspecified atom stereocenters. The van der Waals surface area contributed by atoms with Gasteiger partial charge in [0.1, 0.15) is 24.3 Å². The molecule has 0 saturated carbocycles. The average Bonchev–Trinajstić information content (AvgIpc) is 2.43. The lowest BCUT2D eigenvalue weighted by Crippen LogP contribution is -2.37. The summed E-state index contributed by atoms with van der Waals surface area (Å²) in [7, 11) is 3.40. The molecule has 0 aromatic carbocycles. The highest BCUT2D eigenvalue weighted by atomic mass is 16.5. The molecule has 1 amide bonds. The van der Waals surface area contributed by atoms with E-state index in [-0.39, 0.29) is 12.5 Å². The fourth-order valence-electron chi connectivity index (χ4n) is 1.57. The molecule has 8 heteroatoms. The Morgan fingerprint density at radius 3 is 2.65 bits per heavy atom. The van der Waals surface area contributed by atoms with Crippen molar-refractivity contribution in [3.8, 4) is 0 Å². The van der Waals surface area contributed by atoms with Gasteiger partial charge >= 0.3 is 0 Å². The summed E-state index contributed by atoms with van der Waals surface area (Å²) < 4.78 is 5.27. The summed E-state index contributed by atoms with van der Waals surface area (Å²) in [6.07, 6.45) is 0. The standard InChI is InChI=1S/C12H22N6O2/c1-5-20-7-11-15-9(6-10(16-11)17-13)14-8(2)12(19)18(3)4/h6,8H,5,7,13H2,1-4H3,(H2,14,15,16,17). The van der Waals surface area contributed by atoms with Gasteiger partial charge in [-0.3, -0.25) is 4.79 Å². The molecule has 0 aliphatic rings. The lowest BCUT2D eigenvalue weighted by Gasteiger charge is -2.19. The summed E-state index contributed by atoms with van der Waals surface area (Å²) in [4.78, 5) is 21.8. The highest BCUT2D eigenvalue weighted by Crippen LogP contribution is 2.12. The molecule has 1 rings (SSSR count). The molecule has 0 bridgehead atoms. The largest absolute Gasteiger partial charge is 0.374 e.